The zero-order valence-corrected chi connectivity index (χ0v) is 19.0. The molecule has 0 rings (SSSR count). The minimum absolute atomic E-state index is 0. The molecule has 0 spiro atoms. The first-order valence-corrected chi connectivity index (χ1v) is 9.26. The van der Waals surface area contributed by atoms with Gasteiger partial charge in [-0.05, 0) is 34.6 Å². The summed E-state index contributed by atoms with van der Waals surface area (Å²) in [6, 6.07) is 0. The Morgan fingerprint density at radius 1 is 1.17 bits per heavy atom. The van der Waals surface area contributed by atoms with Crippen molar-refractivity contribution in [2.45, 2.75) is 45.7 Å². The van der Waals surface area contributed by atoms with Gasteiger partial charge in [0.1, 0.15) is 0 Å². The zero-order valence-electron chi connectivity index (χ0n) is 15.8. The number of carbonyl (C=O) groups excluding carboxylic acids is 1. The lowest BCUT2D eigenvalue weighted by atomic mass is 10.1. The van der Waals surface area contributed by atoms with E-state index in [9.17, 15) is 13.2 Å². The first-order chi connectivity index (χ1) is 10.2. The summed E-state index contributed by atoms with van der Waals surface area (Å²) in [4.78, 5) is 17.7. The van der Waals surface area contributed by atoms with Crippen molar-refractivity contribution in [2.75, 3.05) is 33.4 Å². The van der Waals surface area contributed by atoms with Gasteiger partial charge in [-0.1, -0.05) is 0 Å². The molecule has 0 fully saturated rings. The summed E-state index contributed by atoms with van der Waals surface area (Å²) in [5, 5.41) is 5.95. The van der Waals surface area contributed by atoms with E-state index < -0.39 is 15.6 Å². The van der Waals surface area contributed by atoms with E-state index in [1.165, 1.54) is 0 Å². The molecule has 0 saturated carbocycles. The average molecular weight is 477 g/mol. The summed E-state index contributed by atoms with van der Waals surface area (Å²) in [5.41, 5.74) is -0.978. The van der Waals surface area contributed by atoms with Crippen LogP contribution in [0.4, 0.5) is 0 Å². The summed E-state index contributed by atoms with van der Waals surface area (Å²) < 4.78 is 25.2. The van der Waals surface area contributed by atoms with Gasteiger partial charge in [-0.25, -0.2) is 13.1 Å². The van der Waals surface area contributed by atoms with Gasteiger partial charge in [-0.3, -0.25) is 9.79 Å². The summed E-state index contributed by atoms with van der Waals surface area (Å²) in [6.07, 6.45) is 1.12. The molecule has 0 aliphatic rings. The number of guanidine groups is 1. The molecule has 0 heterocycles. The number of aliphatic imine (C=N–C) groups is 1. The first kappa shape index (κ1) is 25.6. The van der Waals surface area contributed by atoms with E-state index in [1.54, 1.807) is 32.8 Å². The molecular weight excluding hydrogens is 445 g/mol. The third-order valence-corrected chi connectivity index (χ3v) is 3.54. The average Bonchev–Trinajstić information content (AvgIpc) is 2.22. The predicted octanol–water partition coefficient (Wildman–Crippen LogP) is 0.354. The smallest absolute Gasteiger partial charge is 0.240 e. The molecule has 0 radical (unpaired) electrons. The maximum Gasteiger partial charge on any atom is 0.240 e. The molecule has 0 aromatic heterocycles. The Morgan fingerprint density at radius 2 is 1.67 bits per heavy atom. The second-order valence-electron chi connectivity index (χ2n) is 7.31. The van der Waals surface area contributed by atoms with Crippen LogP contribution in [0.1, 0.15) is 34.6 Å². The van der Waals surface area contributed by atoms with Crippen LogP contribution in [0.2, 0.25) is 0 Å². The number of amides is 1. The van der Waals surface area contributed by atoms with Crippen molar-refractivity contribution in [2.24, 2.45) is 4.99 Å². The van der Waals surface area contributed by atoms with Gasteiger partial charge in [0.2, 0.25) is 15.9 Å². The molecule has 0 aliphatic heterocycles. The van der Waals surface area contributed by atoms with Gasteiger partial charge in [0.05, 0.1) is 12.8 Å². The number of halogens is 1. The van der Waals surface area contributed by atoms with Crippen molar-refractivity contribution in [1.82, 2.24) is 20.3 Å². The number of carbonyl (C=O) groups is 1. The third-order valence-electron chi connectivity index (χ3n) is 2.62. The summed E-state index contributed by atoms with van der Waals surface area (Å²) in [7, 11) is 0.0496. The van der Waals surface area contributed by atoms with E-state index in [0.29, 0.717) is 12.5 Å². The van der Waals surface area contributed by atoms with E-state index in [2.05, 4.69) is 20.3 Å². The van der Waals surface area contributed by atoms with Crippen molar-refractivity contribution >= 4 is 45.9 Å². The molecule has 1 amide bonds. The van der Waals surface area contributed by atoms with E-state index in [4.69, 9.17) is 0 Å². The molecule has 10 heteroatoms. The number of nitrogens with one attached hydrogen (secondary N) is 3. The van der Waals surface area contributed by atoms with Crippen LogP contribution in [-0.2, 0) is 14.8 Å². The van der Waals surface area contributed by atoms with Gasteiger partial charge in [0.15, 0.2) is 5.96 Å². The first-order valence-electron chi connectivity index (χ1n) is 7.37. The Hall–Kier alpha value is -0.620. The highest BCUT2D eigenvalue weighted by atomic mass is 127. The number of sulfonamides is 1. The van der Waals surface area contributed by atoms with Crippen LogP contribution in [-0.4, -0.2) is 69.7 Å². The number of rotatable bonds is 6. The van der Waals surface area contributed by atoms with Gasteiger partial charge in [-0.15, -0.1) is 24.0 Å². The Morgan fingerprint density at radius 3 is 2.04 bits per heavy atom. The molecule has 0 saturated heterocycles. The van der Waals surface area contributed by atoms with Crippen LogP contribution < -0.4 is 15.4 Å². The minimum atomic E-state index is -3.30. The molecule has 0 aromatic carbocycles. The molecule has 144 valence electrons. The second-order valence-corrected chi connectivity index (χ2v) is 9.06. The van der Waals surface area contributed by atoms with Crippen molar-refractivity contribution in [3.63, 3.8) is 0 Å². The van der Waals surface area contributed by atoms with E-state index in [-0.39, 0.29) is 42.0 Å². The molecule has 0 atom stereocenters. The van der Waals surface area contributed by atoms with E-state index in [1.807, 2.05) is 20.8 Å². The van der Waals surface area contributed by atoms with Gasteiger partial charge >= 0.3 is 0 Å². The molecular formula is C14H32IN5O3S. The normalized spacial score (nSPS) is 13.1. The highest BCUT2D eigenvalue weighted by molar-refractivity contribution is 14.0. The highest BCUT2D eigenvalue weighted by Gasteiger charge is 2.23. The topological polar surface area (TPSA) is 103 Å². The lowest BCUT2D eigenvalue weighted by molar-refractivity contribution is -0.122. The summed E-state index contributed by atoms with van der Waals surface area (Å²) in [5.74, 6) is 0.397. The Bertz CT molecular complexity index is 541. The number of nitrogens with zero attached hydrogens (tertiary/aromatic N) is 2. The molecule has 8 nitrogen and oxygen atoms in total. The fraction of sp³-hybridized carbons (Fsp3) is 0.857. The van der Waals surface area contributed by atoms with Gasteiger partial charge in [-0.2, -0.15) is 0 Å². The van der Waals surface area contributed by atoms with Crippen LogP contribution in [0.5, 0.6) is 0 Å². The molecule has 0 unspecified atom stereocenters. The molecule has 0 aromatic rings. The summed E-state index contributed by atoms with van der Waals surface area (Å²) in [6.45, 7) is 9.75. The SMILES string of the molecule is CN=C(NCC(C)(C)NS(C)(=O)=O)N(C)CC(=O)NC(C)(C)C.I. The lowest BCUT2D eigenvalue weighted by Gasteiger charge is -2.29. The van der Waals surface area contributed by atoms with E-state index >= 15 is 0 Å². The highest BCUT2D eigenvalue weighted by Crippen LogP contribution is 2.03. The fourth-order valence-electron chi connectivity index (χ4n) is 1.97. The Labute approximate surface area is 163 Å². The van der Waals surface area contributed by atoms with Crippen LogP contribution in [0, 0.1) is 0 Å². The third kappa shape index (κ3) is 12.8. The maximum absolute atomic E-state index is 12.0. The van der Waals surface area contributed by atoms with E-state index in [0.717, 1.165) is 6.26 Å². The monoisotopic (exact) mass is 477 g/mol. The zero-order chi connectivity index (χ0) is 18.5. The van der Waals surface area contributed by atoms with Crippen LogP contribution in [0.3, 0.4) is 0 Å². The predicted molar refractivity (Wildman–Crippen MR) is 109 cm³/mol. The summed E-state index contributed by atoms with van der Waals surface area (Å²) >= 11 is 0. The minimum Gasteiger partial charge on any atom is -0.354 e. The molecule has 3 N–H and O–H groups in total. The van der Waals surface area contributed by atoms with Crippen molar-refractivity contribution in [3.8, 4) is 0 Å². The van der Waals surface area contributed by atoms with Crippen molar-refractivity contribution in [3.05, 3.63) is 0 Å². The van der Waals surface area contributed by atoms with Gasteiger partial charge in [0.25, 0.3) is 0 Å². The quantitative estimate of drug-likeness (QED) is 0.291. The van der Waals surface area contributed by atoms with Crippen LogP contribution in [0.15, 0.2) is 4.99 Å². The second kappa shape index (κ2) is 9.76. The largest absolute Gasteiger partial charge is 0.354 e. The Balaban J connectivity index is 0. The molecule has 0 bridgehead atoms. The van der Waals surface area contributed by atoms with Gasteiger partial charge < -0.3 is 15.5 Å². The van der Waals surface area contributed by atoms with Gasteiger partial charge in [0, 0.05) is 31.7 Å². The number of hydrogen-bond donors (Lipinski definition) is 3. The van der Waals surface area contributed by atoms with Crippen molar-refractivity contribution < 1.29 is 13.2 Å². The maximum atomic E-state index is 12.0. The Kier molecular flexibility index (Phi) is 10.4. The van der Waals surface area contributed by atoms with Crippen molar-refractivity contribution in [1.29, 1.82) is 0 Å². The standard InChI is InChI=1S/C14H31N5O3S.HI/c1-13(2,3)17-11(20)9-19(7)12(15-6)16-10-14(4,5)18-23(8,21)22;/h18H,9-10H2,1-8H3,(H,15,16)(H,17,20);1H. The number of hydrogen-bond acceptors (Lipinski definition) is 4. The van der Waals surface area contributed by atoms with Crippen LogP contribution >= 0.6 is 24.0 Å². The molecule has 0 aliphatic carbocycles. The van der Waals surface area contributed by atoms with Crippen LogP contribution in [0.25, 0.3) is 0 Å². The fourth-order valence-corrected chi connectivity index (χ4v) is 3.05. The molecule has 24 heavy (non-hydrogen) atoms. The lowest BCUT2D eigenvalue weighted by Crippen LogP contribution is -2.54. The number of likely N-dealkylation sites (N-methyl/N-ethyl adjacent to an activating group) is 1.